The molecule has 0 saturated heterocycles. The highest BCUT2D eigenvalue weighted by Gasteiger charge is 2.03. The summed E-state index contributed by atoms with van der Waals surface area (Å²) >= 11 is 3.48. The number of halogens is 2. The standard InChI is InChI=1S/C15H15BrFN/c1-10-3-6-15(17)12(7-10)9-18-13-5-4-11(2)14(16)8-13/h3-8,18H,9H2,1-2H3. The van der Waals surface area contributed by atoms with Crippen molar-refractivity contribution >= 4 is 21.6 Å². The van der Waals surface area contributed by atoms with Gasteiger partial charge < -0.3 is 5.32 Å². The van der Waals surface area contributed by atoms with Gasteiger partial charge in [-0.2, -0.15) is 0 Å². The second-order valence-corrected chi connectivity index (χ2v) is 5.27. The van der Waals surface area contributed by atoms with Crippen LogP contribution in [-0.2, 0) is 6.54 Å². The first-order valence-electron chi connectivity index (χ1n) is 5.81. The van der Waals surface area contributed by atoms with E-state index in [1.165, 1.54) is 11.6 Å². The fourth-order valence-corrected chi connectivity index (χ4v) is 2.12. The van der Waals surface area contributed by atoms with Gasteiger partial charge in [-0.05, 0) is 37.6 Å². The van der Waals surface area contributed by atoms with Gasteiger partial charge in [0.05, 0.1) is 0 Å². The molecule has 0 heterocycles. The Morgan fingerprint density at radius 2 is 1.89 bits per heavy atom. The third kappa shape index (κ3) is 3.10. The molecule has 94 valence electrons. The second kappa shape index (κ2) is 5.53. The normalized spacial score (nSPS) is 10.4. The van der Waals surface area contributed by atoms with Crippen LogP contribution < -0.4 is 5.32 Å². The van der Waals surface area contributed by atoms with Crippen molar-refractivity contribution in [3.63, 3.8) is 0 Å². The Hall–Kier alpha value is -1.35. The van der Waals surface area contributed by atoms with Gasteiger partial charge in [0.15, 0.2) is 0 Å². The van der Waals surface area contributed by atoms with Crippen molar-refractivity contribution in [2.45, 2.75) is 20.4 Å². The number of hydrogen-bond donors (Lipinski definition) is 1. The monoisotopic (exact) mass is 307 g/mol. The highest BCUT2D eigenvalue weighted by molar-refractivity contribution is 9.10. The molecule has 0 bridgehead atoms. The van der Waals surface area contributed by atoms with Crippen molar-refractivity contribution in [1.82, 2.24) is 0 Å². The van der Waals surface area contributed by atoms with E-state index in [1.54, 1.807) is 6.07 Å². The van der Waals surface area contributed by atoms with Crippen LogP contribution in [0.1, 0.15) is 16.7 Å². The van der Waals surface area contributed by atoms with Crippen LogP contribution in [0.3, 0.4) is 0 Å². The Balaban J connectivity index is 2.11. The fraction of sp³-hybridized carbons (Fsp3) is 0.200. The Labute approximate surface area is 115 Å². The van der Waals surface area contributed by atoms with Crippen LogP contribution >= 0.6 is 15.9 Å². The number of rotatable bonds is 3. The van der Waals surface area contributed by atoms with Gasteiger partial charge in [0.25, 0.3) is 0 Å². The predicted molar refractivity (Wildman–Crippen MR) is 77.3 cm³/mol. The Kier molecular flexibility index (Phi) is 4.02. The lowest BCUT2D eigenvalue weighted by Gasteiger charge is -2.09. The largest absolute Gasteiger partial charge is 0.381 e. The zero-order valence-corrected chi connectivity index (χ0v) is 12.0. The van der Waals surface area contributed by atoms with Gasteiger partial charge in [-0.1, -0.05) is 39.7 Å². The molecule has 1 nitrogen and oxygen atoms in total. The maximum absolute atomic E-state index is 13.6. The van der Waals surface area contributed by atoms with Crippen molar-refractivity contribution in [1.29, 1.82) is 0 Å². The average molecular weight is 308 g/mol. The van der Waals surface area contributed by atoms with Crippen molar-refractivity contribution in [2.75, 3.05) is 5.32 Å². The molecule has 0 spiro atoms. The van der Waals surface area contributed by atoms with Gasteiger partial charge in [0, 0.05) is 22.3 Å². The van der Waals surface area contributed by atoms with Gasteiger partial charge in [-0.25, -0.2) is 4.39 Å². The first-order valence-corrected chi connectivity index (χ1v) is 6.60. The lowest BCUT2D eigenvalue weighted by atomic mass is 10.1. The molecular weight excluding hydrogens is 293 g/mol. The minimum atomic E-state index is -0.167. The van der Waals surface area contributed by atoms with Gasteiger partial charge in [-0.3, -0.25) is 0 Å². The molecule has 0 amide bonds. The Bertz CT molecular complexity index is 566. The van der Waals surface area contributed by atoms with Gasteiger partial charge in [0.2, 0.25) is 0 Å². The smallest absolute Gasteiger partial charge is 0.128 e. The van der Waals surface area contributed by atoms with Crippen molar-refractivity contribution < 1.29 is 4.39 Å². The number of aryl methyl sites for hydroxylation is 2. The number of nitrogens with one attached hydrogen (secondary N) is 1. The summed E-state index contributed by atoms with van der Waals surface area (Å²) in [6, 6.07) is 11.2. The third-order valence-corrected chi connectivity index (χ3v) is 3.71. The molecular formula is C15H15BrFN. The first kappa shape index (κ1) is 13.1. The van der Waals surface area contributed by atoms with E-state index in [9.17, 15) is 4.39 Å². The second-order valence-electron chi connectivity index (χ2n) is 4.41. The van der Waals surface area contributed by atoms with Crippen LogP contribution in [0.5, 0.6) is 0 Å². The molecule has 2 aromatic carbocycles. The summed E-state index contributed by atoms with van der Waals surface area (Å²) in [5.41, 5.74) is 3.92. The number of hydrogen-bond acceptors (Lipinski definition) is 1. The van der Waals surface area contributed by atoms with E-state index >= 15 is 0 Å². The van der Waals surface area contributed by atoms with Crippen LogP contribution in [0.25, 0.3) is 0 Å². The summed E-state index contributed by atoms with van der Waals surface area (Å²) in [5, 5.41) is 3.23. The summed E-state index contributed by atoms with van der Waals surface area (Å²) < 4.78 is 14.6. The third-order valence-electron chi connectivity index (χ3n) is 2.86. The van der Waals surface area contributed by atoms with Crippen LogP contribution in [0.15, 0.2) is 40.9 Å². The lowest BCUT2D eigenvalue weighted by molar-refractivity contribution is 0.612. The van der Waals surface area contributed by atoms with Crippen LogP contribution in [0, 0.1) is 19.7 Å². The van der Waals surface area contributed by atoms with E-state index in [0.717, 1.165) is 15.7 Å². The van der Waals surface area contributed by atoms with Crippen molar-refractivity contribution in [3.8, 4) is 0 Å². The summed E-state index contributed by atoms with van der Waals surface area (Å²) in [7, 11) is 0. The molecule has 2 aromatic rings. The molecule has 18 heavy (non-hydrogen) atoms. The van der Waals surface area contributed by atoms with Gasteiger partial charge in [0.1, 0.15) is 5.82 Å². The summed E-state index contributed by atoms with van der Waals surface area (Å²) in [6.07, 6.45) is 0. The Morgan fingerprint density at radius 1 is 1.11 bits per heavy atom. The quantitative estimate of drug-likeness (QED) is 0.857. The molecule has 2 rings (SSSR count). The topological polar surface area (TPSA) is 12.0 Å². The maximum atomic E-state index is 13.6. The predicted octanol–water partition coefficient (Wildman–Crippen LogP) is 4.82. The summed E-state index contributed by atoms with van der Waals surface area (Å²) in [5.74, 6) is -0.167. The van der Waals surface area contributed by atoms with E-state index in [4.69, 9.17) is 0 Å². The molecule has 0 fully saturated rings. The summed E-state index contributed by atoms with van der Waals surface area (Å²) in [6.45, 7) is 4.49. The molecule has 0 aliphatic carbocycles. The highest BCUT2D eigenvalue weighted by atomic mass is 79.9. The molecule has 3 heteroatoms. The number of benzene rings is 2. The summed E-state index contributed by atoms with van der Waals surface area (Å²) in [4.78, 5) is 0. The lowest BCUT2D eigenvalue weighted by Crippen LogP contribution is -2.02. The van der Waals surface area contributed by atoms with Crippen LogP contribution in [0.4, 0.5) is 10.1 Å². The zero-order chi connectivity index (χ0) is 13.1. The van der Waals surface area contributed by atoms with Crippen LogP contribution in [0.2, 0.25) is 0 Å². The van der Waals surface area contributed by atoms with E-state index in [1.807, 2.05) is 38.1 Å². The number of anilines is 1. The van der Waals surface area contributed by atoms with E-state index in [0.29, 0.717) is 12.1 Å². The van der Waals surface area contributed by atoms with Gasteiger partial charge >= 0.3 is 0 Å². The fourth-order valence-electron chi connectivity index (χ4n) is 1.74. The minimum absolute atomic E-state index is 0.167. The van der Waals surface area contributed by atoms with E-state index < -0.39 is 0 Å². The molecule has 0 aliphatic rings. The maximum Gasteiger partial charge on any atom is 0.128 e. The Morgan fingerprint density at radius 3 is 2.61 bits per heavy atom. The van der Waals surface area contributed by atoms with Crippen LogP contribution in [-0.4, -0.2) is 0 Å². The molecule has 0 atom stereocenters. The molecule has 0 unspecified atom stereocenters. The molecule has 0 aliphatic heterocycles. The average Bonchev–Trinajstić information content (AvgIpc) is 2.34. The molecule has 0 saturated carbocycles. The zero-order valence-electron chi connectivity index (χ0n) is 10.4. The molecule has 0 radical (unpaired) electrons. The molecule has 0 aromatic heterocycles. The van der Waals surface area contributed by atoms with E-state index in [-0.39, 0.29) is 5.82 Å². The van der Waals surface area contributed by atoms with Gasteiger partial charge in [-0.15, -0.1) is 0 Å². The van der Waals surface area contributed by atoms with Crippen molar-refractivity contribution in [3.05, 3.63) is 63.4 Å². The minimum Gasteiger partial charge on any atom is -0.381 e. The molecule has 1 N–H and O–H groups in total. The van der Waals surface area contributed by atoms with E-state index in [2.05, 4.69) is 21.2 Å². The SMILES string of the molecule is Cc1ccc(F)c(CNc2ccc(C)c(Br)c2)c1. The van der Waals surface area contributed by atoms with Crippen molar-refractivity contribution in [2.24, 2.45) is 0 Å². The highest BCUT2D eigenvalue weighted by Crippen LogP contribution is 2.21. The first-order chi connectivity index (χ1) is 8.56.